The Labute approximate surface area is 104 Å². The van der Waals surface area contributed by atoms with E-state index in [1.165, 1.54) is 0 Å². The molecule has 0 spiro atoms. The van der Waals surface area contributed by atoms with Crippen molar-refractivity contribution in [1.29, 1.82) is 0 Å². The molecule has 0 bridgehead atoms. The molecule has 3 aromatic carbocycles. The Hall–Kier alpha value is -1.91. The van der Waals surface area contributed by atoms with Crippen molar-refractivity contribution in [2.45, 2.75) is 4.90 Å². The zero-order chi connectivity index (χ0) is 12.8. The lowest BCUT2D eigenvalue weighted by molar-refractivity contribution is 0.485. The van der Waals surface area contributed by atoms with Gasteiger partial charge in [-0.05, 0) is 16.8 Å². The van der Waals surface area contributed by atoms with E-state index in [1.54, 1.807) is 24.3 Å². The highest BCUT2D eigenvalue weighted by Gasteiger charge is 2.17. The predicted molar refractivity (Wildman–Crippen MR) is 71.3 cm³/mol. The van der Waals surface area contributed by atoms with E-state index < -0.39 is 10.1 Å². The van der Waals surface area contributed by atoms with E-state index in [9.17, 15) is 13.0 Å². The van der Waals surface area contributed by atoms with Crippen molar-refractivity contribution >= 4 is 31.7 Å². The predicted octanol–water partition coefficient (Wildman–Crippen LogP) is 3.24. The lowest BCUT2D eigenvalue weighted by Crippen LogP contribution is -2.00. The van der Waals surface area contributed by atoms with Gasteiger partial charge in [0.25, 0.3) is 10.1 Å². The van der Waals surface area contributed by atoms with Crippen LogP contribution in [-0.4, -0.2) is 13.0 Å². The molecule has 18 heavy (non-hydrogen) atoms. The number of hydrogen-bond donors (Lipinski definition) is 1. The van der Waals surface area contributed by atoms with E-state index in [4.69, 9.17) is 0 Å². The van der Waals surface area contributed by atoms with E-state index in [1.807, 2.05) is 30.3 Å². The van der Waals surface area contributed by atoms with Crippen molar-refractivity contribution in [3.05, 3.63) is 54.6 Å². The molecule has 1 N–H and O–H groups in total. The molecule has 0 aliphatic carbocycles. The maximum absolute atomic E-state index is 11.6. The summed E-state index contributed by atoms with van der Waals surface area (Å²) in [5, 5.41) is 2.67. The van der Waals surface area contributed by atoms with Crippen LogP contribution in [-0.2, 0) is 10.1 Å². The summed E-state index contributed by atoms with van der Waals surface area (Å²) in [6.07, 6.45) is 0. The first kappa shape index (κ1) is 11.2. The molecule has 0 saturated heterocycles. The standard InChI is InChI=1S/C14H10O3S/c15-18(16,17)14-12-7-3-1-5-10(12)9-11-6-2-4-8-13(11)14/h1-9H,(H,15,16,17). The Morgan fingerprint density at radius 1 is 0.778 bits per heavy atom. The molecule has 3 nitrogen and oxygen atoms in total. The summed E-state index contributed by atoms with van der Waals surface area (Å²) in [4.78, 5) is -0.0174. The second kappa shape index (κ2) is 3.80. The zero-order valence-electron chi connectivity index (χ0n) is 9.37. The minimum atomic E-state index is -4.26. The van der Waals surface area contributed by atoms with E-state index in [-0.39, 0.29) is 4.90 Å². The second-order valence-electron chi connectivity index (χ2n) is 4.12. The van der Waals surface area contributed by atoms with Gasteiger partial charge in [0.05, 0.1) is 0 Å². The van der Waals surface area contributed by atoms with Gasteiger partial charge in [-0.1, -0.05) is 48.5 Å². The van der Waals surface area contributed by atoms with Gasteiger partial charge >= 0.3 is 0 Å². The smallest absolute Gasteiger partial charge is 0.282 e. The minimum absolute atomic E-state index is 0.0174. The fourth-order valence-corrected chi connectivity index (χ4v) is 3.18. The molecule has 0 amide bonds. The van der Waals surface area contributed by atoms with Gasteiger partial charge in [-0.2, -0.15) is 8.42 Å². The van der Waals surface area contributed by atoms with Gasteiger partial charge in [-0.3, -0.25) is 4.55 Å². The van der Waals surface area contributed by atoms with Crippen molar-refractivity contribution in [3.8, 4) is 0 Å². The van der Waals surface area contributed by atoms with Gasteiger partial charge in [0.1, 0.15) is 4.90 Å². The van der Waals surface area contributed by atoms with Crippen LogP contribution in [0.15, 0.2) is 59.5 Å². The van der Waals surface area contributed by atoms with E-state index in [2.05, 4.69) is 0 Å². The normalized spacial score (nSPS) is 12.1. The fourth-order valence-electron chi connectivity index (χ4n) is 2.25. The molecule has 0 heterocycles. The Bertz CT molecular complexity index is 797. The SMILES string of the molecule is O=S(=O)(O)c1c2ccccc2cc2ccccc12. The van der Waals surface area contributed by atoms with Crippen molar-refractivity contribution in [1.82, 2.24) is 0 Å². The highest BCUT2D eigenvalue weighted by atomic mass is 32.2. The van der Waals surface area contributed by atoms with Crippen LogP contribution in [0.3, 0.4) is 0 Å². The van der Waals surface area contributed by atoms with Crippen LogP contribution in [0.4, 0.5) is 0 Å². The van der Waals surface area contributed by atoms with Gasteiger partial charge in [-0.25, -0.2) is 0 Å². The van der Waals surface area contributed by atoms with Gasteiger partial charge in [0.15, 0.2) is 0 Å². The number of hydrogen-bond acceptors (Lipinski definition) is 2. The highest BCUT2D eigenvalue weighted by Crippen LogP contribution is 2.31. The first-order valence-corrected chi connectivity index (χ1v) is 6.89. The number of benzene rings is 3. The molecule has 3 rings (SSSR count). The van der Waals surface area contributed by atoms with Crippen LogP contribution < -0.4 is 0 Å². The summed E-state index contributed by atoms with van der Waals surface area (Å²) in [6.45, 7) is 0. The van der Waals surface area contributed by atoms with Crippen LogP contribution in [0.5, 0.6) is 0 Å². The van der Waals surface area contributed by atoms with Crippen LogP contribution in [0.25, 0.3) is 21.5 Å². The molecule has 0 aromatic heterocycles. The van der Waals surface area contributed by atoms with Gasteiger partial charge in [-0.15, -0.1) is 0 Å². The monoisotopic (exact) mass is 258 g/mol. The Balaban J connectivity index is 2.67. The minimum Gasteiger partial charge on any atom is -0.282 e. The molecular formula is C14H10O3S. The topological polar surface area (TPSA) is 54.4 Å². The maximum Gasteiger partial charge on any atom is 0.295 e. The fraction of sp³-hybridized carbons (Fsp3) is 0. The summed E-state index contributed by atoms with van der Waals surface area (Å²) >= 11 is 0. The molecule has 0 aliphatic heterocycles. The average molecular weight is 258 g/mol. The van der Waals surface area contributed by atoms with Gasteiger partial charge in [0, 0.05) is 10.8 Å². The van der Waals surface area contributed by atoms with Crippen LogP contribution >= 0.6 is 0 Å². The van der Waals surface area contributed by atoms with Crippen molar-refractivity contribution in [2.24, 2.45) is 0 Å². The summed E-state index contributed by atoms with van der Waals surface area (Å²) in [5.41, 5.74) is 0. The summed E-state index contributed by atoms with van der Waals surface area (Å²) in [6, 6.07) is 16.2. The largest absolute Gasteiger partial charge is 0.295 e. The van der Waals surface area contributed by atoms with E-state index >= 15 is 0 Å². The lowest BCUT2D eigenvalue weighted by atomic mass is 10.0. The van der Waals surface area contributed by atoms with E-state index in [0.29, 0.717) is 10.8 Å². The molecule has 0 saturated carbocycles. The average Bonchev–Trinajstić information content (AvgIpc) is 2.34. The molecule has 0 aliphatic rings. The quantitative estimate of drug-likeness (QED) is 0.538. The molecule has 90 valence electrons. The van der Waals surface area contributed by atoms with Crippen LogP contribution in [0.1, 0.15) is 0 Å². The van der Waals surface area contributed by atoms with Crippen molar-refractivity contribution < 1.29 is 13.0 Å². The number of fused-ring (bicyclic) bond motifs is 2. The summed E-state index contributed by atoms with van der Waals surface area (Å²) in [5.74, 6) is 0. The first-order chi connectivity index (χ1) is 8.57. The Morgan fingerprint density at radius 2 is 1.22 bits per heavy atom. The van der Waals surface area contributed by atoms with Gasteiger partial charge in [0.2, 0.25) is 0 Å². The lowest BCUT2D eigenvalue weighted by Gasteiger charge is -2.08. The van der Waals surface area contributed by atoms with Crippen molar-refractivity contribution in [3.63, 3.8) is 0 Å². The third kappa shape index (κ3) is 1.66. The summed E-state index contributed by atoms with van der Waals surface area (Å²) < 4.78 is 32.7. The Morgan fingerprint density at radius 3 is 1.67 bits per heavy atom. The van der Waals surface area contributed by atoms with E-state index in [0.717, 1.165) is 10.8 Å². The molecular weight excluding hydrogens is 248 g/mol. The summed E-state index contributed by atoms with van der Waals surface area (Å²) in [7, 11) is -4.26. The molecule has 4 heteroatoms. The maximum atomic E-state index is 11.6. The molecule has 0 atom stereocenters. The number of rotatable bonds is 1. The second-order valence-corrected chi connectivity index (χ2v) is 5.48. The zero-order valence-corrected chi connectivity index (χ0v) is 10.2. The third-order valence-corrected chi connectivity index (χ3v) is 3.94. The third-order valence-electron chi connectivity index (χ3n) is 2.98. The van der Waals surface area contributed by atoms with Crippen LogP contribution in [0.2, 0.25) is 0 Å². The molecule has 3 aromatic rings. The highest BCUT2D eigenvalue weighted by molar-refractivity contribution is 7.86. The first-order valence-electron chi connectivity index (χ1n) is 5.45. The Kier molecular flexibility index (Phi) is 2.36. The molecule has 0 fully saturated rings. The van der Waals surface area contributed by atoms with Crippen molar-refractivity contribution in [2.75, 3.05) is 0 Å². The molecule has 0 radical (unpaired) electrons. The van der Waals surface area contributed by atoms with Gasteiger partial charge < -0.3 is 0 Å². The molecule has 0 unspecified atom stereocenters. The van der Waals surface area contributed by atoms with Crippen LogP contribution in [0, 0.1) is 0 Å².